The van der Waals surface area contributed by atoms with Gasteiger partial charge in [-0.2, -0.15) is 0 Å². The van der Waals surface area contributed by atoms with Crippen molar-refractivity contribution in [3.63, 3.8) is 0 Å². The lowest BCUT2D eigenvalue weighted by molar-refractivity contribution is -0.158. The zero-order valence-corrected chi connectivity index (χ0v) is 12.1. The fourth-order valence-electron chi connectivity index (χ4n) is 2.17. The van der Waals surface area contributed by atoms with Crippen LogP contribution < -0.4 is 5.32 Å². The molecule has 3 nitrogen and oxygen atoms in total. The summed E-state index contributed by atoms with van der Waals surface area (Å²) in [5.41, 5.74) is -0.0778. The molecule has 0 aromatic carbocycles. The summed E-state index contributed by atoms with van der Waals surface area (Å²) in [5, 5.41) is 3.32. The lowest BCUT2D eigenvalue weighted by Crippen LogP contribution is -2.48. The minimum absolute atomic E-state index is 0.107. The lowest BCUT2D eigenvalue weighted by atomic mass is 9.75. The predicted octanol–water partition coefficient (Wildman–Crippen LogP) is 2.74. The molecule has 2 atom stereocenters. The van der Waals surface area contributed by atoms with Gasteiger partial charge in [0.15, 0.2) is 0 Å². The molecule has 100 valence electrons. The topological polar surface area (TPSA) is 38.3 Å². The molecule has 0 amide bonds. The molecule has 17 heavy (non-hydrogen) atoms. The first kappa shape index (κ1) is 14.5. The number of ether oxygens (including phenoxy) is 1. The largest absolute Gasteiger partial charge is 0.459 e. The van der Waals surface area contributed by atoms with Gasteiger partial charge in [-0.3, -0.25) is 4.79 Å². The van der Waals surface area contributed by atoms with E-state index in [4.69, 9.17) is 4.74 Å². The third kappa shape index (κ3) is 4.66. The van der Waals surface area contributed by atoms with E-state index < -0.39 is 0 Å². The van der Waals surface area contributed by atoms with Gasteiger partial charge >= 0.3 is 5.97 Å². The summed E-state index contributed by atoms with van der Waals surface area (Å²) in [6.45, 7) is 13.4. The van der Waals surface area contributed by atoms with E-state index in [9.17, 15) is 4.79 Å². The van der Waals surface area contributed by atoms with E-state index in [1.54, 1.807) is 0 Å². The zero-order valence-electron chi connectivity index (χ0n) is 12.1. The smallest absolute Gasteiger partial charge is 0.323 e. The van der Waals surface area contributed by atoms with Gasteiger partial charge in [0.25, 0.3) is 0 Å². The highest BCUT2D eigenvalue weighted by Gasteiger charge is 2.33. The third-order valence-electron chi connectivity index (χ3n) is 3.33. The highest BCUT2D eigenvalue weighted by Crippen LogP contribution is 2.32. The number of hydrogen-bond donors (Lipinski definition) is 1. The summed E-state index contributed by atoms with van der Waals surface area (Å²) in [4.78, 5) is 11.9. The Morgan fingerprint density at radius 2 is 1.71 bits per heavy atom. The molecular weight excluding hydrogens is 214 g/mol. The van der Waals surface area contributed by atoms with E-state index in [1.165, 1.54) is 0 Å². The molecule has 0 unspecified atom stereocenters. The van der Waals surface area contributed by atoms with Crippen LogP contribution in [-0.2, 0) is 9.53 Å². The summed E-state index contributed by atoms with van der Waals surface area (Å²) in [5.74, 6) is 0.533. The van der Waals surface area contributed by atoms with E-state index in [2.05, 4.69) is 26.1 Å². The summed E-state index contributed by atoms with van der Waals surface area (Å²) in [7, 11) is 0. The Kier molecular flexibility index (Phi) is 4.23. The quantitative estimate of drug-likeness (QED) is 0.717. The Morgan fingerprint density at radius 3 is 2.06 bits per heavy atom. The first-order chi connectivity index (χ1) is 7.59. The first-order valence-electron chi connectivity index (χ1n) is 6.56. The van der Waals surface area contributed by atoms with Crippen molar-refractivity contribution >= 4 is 5.97 Å². The minimum atomic E-state index is -0.389. The van der Waals surface area contributed by atoms with E-state index in [0.29, 0.717) is 11.3 Å². The average Bonchev–Trinajstić information content (AvgIpc) is 2.14. The highest BCUT2D eigenvalue weighted by molar-refractivity contribution is 5.76. The van der Waals surface area contributed by atoms with Crippen LogP contribution >= 0.6 is 0 Å². The molecule has 0 aromatic heterocycles. The molecular formula is C14H27NO2. The van der Waals surface area contributed by atoms with Crippen molar-refractivity contribution in [1.29, 1.82) is 0 Å². The second kappa shape index (κ2) is 4.97. The third-order valence-corrected chi connectivity index (χ3v) is 3.33. The van der Waals surface area contributed by atoms with Crippen LogP contribution in [0.5, 0.6) is 0 Å². The maximum absolute atomic E-state index is 11.9. The van der Waals surface area contributed by atoms with Gasteiger partial charge in [-0.15, -0.1) is 0 Å². The van der Waals surface area contributed by atoms with E-state index in [0.717, 1.165) is 19.4 Å². The molecule has 1 fully saturated rings. The van der Waals surface area contributed by atoms with Gasteiger partial charge in [0.05, 0.1) is 0 Å². The SMILES string of the molecule is CC(C)(C)OC(=O)[C@@H]1CC[C@@H](C(C)(C)C)CN1. The van der Waals surface area contributed by atoms with Gasteiger partial charge in [0, 0.05) is 0 Å². The number of piperidine rings is 1. The monoisotopic (exact) mass is 241 g/mol. The lowest BCUT2D eigenvalue weighted by Gasteiger charge is -2.37. The van der Waals surface area contributed by atoms with Gasteiger partial charge in [0.1, 0.15) is 11.6 Å². The van der Waals surface area contributed by atoms with Crippen LogP contribution in [0.15, 0.2) is 0 Å². The first-order valence-corrected chi connectivity index (χ1v) is 6.56. The van der Waals surface area contributed by atoms with Gasteiger partial charge in [-0.05, 0) is 51.5 Å². The standard InChI is InChI=1S/C14H27NO2/c1-13(2,3)10-7-8-11(15-9-10)12(16)17-14(4,5)6/h10-11,15H,7-9H2,1-6H3/t10-,11+/m1/s1. The number of hydrogen-bond acceptors (Lipinski definition) is 3. The molecule has 0 spiro atoms. The fourth-order valence-corrected chi connectivity index (χ4v) is 2.17. The molecule has 1 rings (SSSR count). The summed E-state index contributed by atoms with van der Waals surface area (Å²) in [6.07, 6.45) is 1.98. The maximum atomic E-state index is 11.9. The molecule has 1 N–H and O–H groups in total. The van der Waals surface area contributed by atoms with Gasteiger partial charge in [-0.1, -0.05) is 20.8 Å². The summed E-state index contributed by atoms with van der Waals surface area (Å²) >= 11 is 0. The Morgan fingerprint density at radius 1 is 1.12 bits per heavy atom. The van der Waals surface area contributed by atoms with Crippen molar-refractivity contribution in [2.24, 2.45) is 11.3 Å². The Hall–Kier alpha value is -0.570. The number of carbonyl (C=O) groups excluding carboxylic acids is 1. The average molecular weight is 241 g/mol. The number of rotatable bonds is 1. The van der Waals surface area contributed by atoms with Crippen molar-refractivity contribution in [3.8, 4) is 0 Å². The van der Waals surface area contributed by atoms with Crippen molar-refractivity contribution in [3.05, 3.63) is 0 Å². The van der Waals surface area contributed by atoms with Crippen LogP contribution in [0.2, 0.25) is 0 Å². The second-order valence-corrected chi connectivity index (χ2v) is 7.13. The number of carbonyl (C=O) groups is 1. The molecule has 1 aliphatic rings. The van der Waals surface area contributed by atoms with Crippen LogP contribution in [0, 0.1) is 11.3 Å². The van der Waals surface area contributed by atoms with Crippen LogP contribution in [0.4, 0.5) is 0 Å². The molecule has 1 heterocycles. The normalized spacial score (nSPS) is 26.7. The van der Waals surface area contributed by atoms with Crippen LogP contribution in [0.25, 0.3) is 0 Å². The maximum Gasteiger partial charge on any atom is 0.323 e. The second-order valence-electron chi connectivity index (χ2n) is 7.13. The Bertz CT molecular complexity index is 265. The van der Waals surface area contributed by atoms with Crippen LogP contribution in [0.1, 0.15) is 54.4 Å². The van der Waals surface area contributed by atoms with Crippen LogP contribution in [0.3, 0.4) is 0 Å². The molecule has 1 saturated heterocycles. The van der Waals surface area contributed by atoms with E-state index >= 15 is 0 Å². The molecule has 0 aromatic rings. The minimum Gasteiger partial charge on any atom is -0.459 e. The molecule has 0 bridgehead atoms. The summed E-state index contributed by atoms with van der Waals surface area (Å²) < 4.78 is 5.40. The molecule has 0 radical (unpaired) electrons. The fraction of sp³-hybridized carbons (Fsp3) is 0.929. The number of esters is 1. The van der Waals surface area contributed by atoms with Crippen molar-refractivity contribution in [2.75, 3.05) is 6.54 Å². The number of nitrogens with one attached hydrogen (secondary N) is 1. The van der Waals surface area contributed by atoms with Crippen LogP contribution in [-0.4, -0.2) is 24.2 Å². The van der Waals surface area contributed by atoms with Crippen molar-refractivity contribution in [1.82, 2.24) is 5.32 Å². The van der Waals surface area contributed by atoms with Crippen molar-refractivity contribution < 1.29 is 9.53 Å². The van der Waals surface area contributed by atoms with Gasteiger partial charge in [0.2, 0.25) is 0 Å². The molecule has 0 aliphatic carbocycles. The van der Waals surface area contributed by atoms with Gasteiger partial charge < -0.3 is 10.1 Å². The van der Waals surface area contributed by atoms with Gasteiger partial charge in [-0.25, -0.2) is 0 Å². The molecule has 1 aliphatic heterocycles. The molecule has 3 heteroatoms. The summed E-state index contributed by atoms with van der Waals surface area (Å²) in [6, 6.07) is -0.118. The Labute approximate surface area is 105 Å². The highest BCUT2D eigenvalue weighted by atomic mass is 16.6. The zero-order chi connectivity index (χ0) is 13.3. The predicted molar refractivity (Wildman–Crippen MR) is 69.8 cm³/mol. The Balaban J connectivity index is 2.45. The molecule has 0 saturated carbocycles. The van der Waals surface area contributed by atoms with Crippen molar-refractivity contribution in [2.45, 2.75) is 66.0 Å². The van der Waals surface area contributed by atoms with E-state index in [-0.39, 0.29) is 17.6 Å². The van der Waals surface area contributed by atoms with E-state index in [1.807, 2.05) is 20.8 Å².